The van der Waals surface area contributed by atoms with Gasteiger partial charge in [-0.15, -0.1) is 0 Å². The Kier molecular flexibility index (Phi) is 10.3. The molecule has 4 aromatic rings. The number of fused-ring (bicyclic) bond motifs is 2. The van der Waals surface area contributed by atoms with Crippen molar-refractivity contribution in [3.8, 4) is 28.4 Å². The number of carboxylic acids is 1. The molecule has 4 heterocycles. The zero-order valence-corrected chi connectivity index (χ0v) is 30.2. The van der Waals surface area contributed by atoms with E-state index in [1.54, 1.807) is 49.8 Å². The molecule has 272 valence electrons. The minimum atomic E-state index is -0.697. The van der Waals surface area contributed by atoms with Crippen LogP contribution in [-0.4, -0.2) is 58.2 Å². The van der Waals surface area contributed by atoms with Crippen LogP contribution in [0.4, 0.5) is 15.9 Å². The molecular formula is C38H40Cl2FN7O4. The van der Waals surface area contributed by atoms with Crippen molar-refractivity contribution < 1.29 is 23.8 Å². The van der Waals surface area contributed by atoms with Crippen LogP contribution in [0.1, 0.15) is 56.1 Å². The highest BCUT2D eigenvalue weighted by Crippen LogP contribution is 2.61. The molecule has 1 aliphatic heterocycles. The standard InChI is InChI=1S/C38H40Cl2FN7O4/c1-52-35-23(18-42-19-24-6-8-29(49)46-24)5-7-27(48-35)25-10-16-44-33(31(25)40)26-3-2-4-28(30(26)39)47-34-32(41)22(9-15-45-34)17-43-21-37-11-13-38(20-37,14-12-37)36(50)51/h2-5,7,9-10,15-16,24,42-43H,6,8,11-14,17-21H2,1H3,(H,45,47)(H,46,49)(H,50,51). The van der Waals surface area contributed by atoms with Gasteiger partial charge in [0, 0.05) is 73.3 Å². The average molecular weight is 749 g/mol. The van der Waals surface area contributed by atoms with Gasteiger partial charge in [-0.3, -0.25) is 14.6 Å². The Morgan fingerprint density at radius 1 is 1.00 bits per heavy atom. The minimum Gasteiger partial charge on any atom is -0.481 e. The number of ether oxygens (including phenoxy) is 1. The van der Waals surface area contributed by atoms with Gasteiger partial charge in [-0.1, -0.05) is 41.4 Å². The number of hydrogen-bond donors (Lipinski definition) is 5. The van der Waals surface area contributed by atoms with Crippen LogP contribution in [0.15, 0.2) is 54.9 Å². The average Bonchev–Trinajstić information content (AvgIpc) is 3.85. The molecule has 2 bridgehead atoms. The van der Waals surface area contributed by atoms with Crippen LogP contribution in [0.2, 0.25) is 10.0 Å². The smallest absolute Gasteiger partial charge is 0.309 e. The summed E-state index contributed by atoms with van der Waals surface area (Å²) in [6, 6.07) is 12.6. The maximum atomic E-state index is 15.8. The zero-order chi connectivity index (χ0) is 36.5. The summed E-state index contributed by atoms with van der Waals surface area (Å²) in [7, 11) is 1.56. The van der Waals surface area contributed by atoms with Crippen LogP contribution >= 0.6 is 23.2 Å². The molecule has 3 aromatic heterocycles. The molecule has 1 atom stereocenters. The number of rotatable bonds is 14. The fourth-order valence-corrected chi connectivity index (χ4v) is 8.51. The lowest BCUT2D eigenvalue weighted by molar-refractivity contribution is -0.148. The van der Waals surface area contributed by atoms with Gasteiger partial charge in [-0.25, -0.2) is 14.4 Å². The second kappa shape index (κ2) is 14.9. The molecule has 1 aromatic carbocycles. The maximum absolute atomic E-state index is 15.8. The Morgan fingerprint density at radius 2 is 1.79 bits per heavy atom. The number of methoxy groups -OCH3 is 1. The van der Waals surface area contributed by atoms with Crippen LogP contribution in [-0.2, 0) is 22.7 Å². The summed E-state index contributed by atoms with van der Waals surface area (Å²) in [5.74, 6) is -0.654. The van der Waals surface area contributed by atoms with Crippen molar-refractivity contribution >= 4 is 46.6 Å². The molecule has 14 heteroatoms. The molecule has 1 amide bonds. The Hall–Kier alpha value is -4.36. The third kappa shape index (κ3) is 7.17. The first-order valence-electron chi connectivity index (χ1n) is 17.4. The molecule has 7 rings (SSSR count). The Balaban J connectivity index is 1.04. The van der Waals surface area contributed by atoms with Crippen molar-refractivity contribution in [2.75, 3.05) is 25.5 Å². The second-order valence-corrected chi connectivity index (χ2v) is 14.9. The maximum Gasteiger partial charge on any atom is 0.309 e. The highest BCUT2D eigenvalue weighted by molar-refractivity contribution is 6.39. The van der Waals surface area contributed by atoms with E-state index in [1.807, 2.05) is 12.1 Å². The number of carbonyl (C=O) groups excluding carboxylic acids is 1. The summed E-state index contributed by atoms with van der Waals surface area (Å²) < 4.78 is 21.4. The molecule has 52 heavy (non-hydrogen) atoms. The number of anilines is 2. The topological polar surface area (TPSA) is 150 Å². The number of nitrogens with one attached hydrogen (secondary N) is 4. The predicted octanol–water partition coefficient (Wildman–Crippen LogP) is 6.90. The monoisotopic (exact) mass is 747 g/mol. The third-order valence-corrected chi connectivity index (χ3v) is 11.6. The van der Waals surface area contributed by atoms with Crippen LogP contribution in [0, 0.1) is 16.6 Å². The van der Waals surface area contributed by atoms with Crippen molar-refractivity contribution in [1.29, 1.82) is 0 Å². The van der Waals surface area contributed by atoms with Gasteiger partial charge >= 0.3 is 5.97 Å². The number of nitrogens with zero attached hydrogens (tertiary/aromatic N) is 3. The lowest BCUT2D eigenvalue weighted by Crippen LogP contribution is -2.35. The molecule has 1 unspecified atom stereocenters. The Morgan fingerprint density at radius 3 is 2.52 bits per heavy atom. The molecule has 0 radical (unpaired) electrons. The van der Waals surface area contributed by atoms with Gasteiger partial charge in [-0.2, -0.15) is 0 Å². The van der Waals surface area contributed by atoms with Gasteiger partial charge < -0.3 is 31.1 Å². The molecule has 0 spiro atoms. The van der Waals surface area contributed by atoms with Gasteiger partial charge in [0.25, 0.3) is 0 Å². The molecule has 2 saturated carbocycles. The highest BCUT2D eigenvalue weighted by atomic mass is 35.5. The van der Waals surface area contributed by atoms with E-state index >= 15 is 4.39 Å². The number of halogens is 3. The molecule has 1 saturated heterocycles. The fraction of sp³-hybridized carbons (Fsp3) is 0.395. The van der Waals surface area contributed by atoms with E-state index in [2.05, 4.69) is 31.2 Å². The lowest BCUT2D eigenvalue weighted by Gasteiger charge is -2.27. The number of hydrogen-bond acceptors (Lipinski definition) is 9. The zero-order valence-electron chi connectivity index (χ0n) is 28.7. The van der Waals surface area contributed by atoms with E-state index in [0.717, 1.165) is 24.8 Å². The Bertz CT molecular complexity index is 2010. The number of amides is 1. The van der Waals surface area contributed by atoms with E-state index < -0.39 is 17.2 Å². The van der Waals surface area contributed by atoms with Gasteiger partial charge in [0.05, 0.1) is 39.6 Å². The van der Waals surface area contributed by atoms with E-state index in [4.69, 9.17) is 32.9 Å². The fourth-order valence-electron chi connectivity index (χ4n) is 7.94. The van der Waals surface area contributed by atoms with Gasteiger partial charge in [0.1, 0.15) is 0 Å². The van der Waals surface area contributed by atoms with Crippen LogP contribution in [0.5, 0.6) is 5.88 Å². The van der Waals surface area contributed by atoms with Crippen LogP contribution < -0.4 is 26.0 Å². The Labute approximate surface area is 311 Å². The van der Waals surface area contributed by atoms with E-state index in [9.17, 15) is 14.7 Å². The van der Waals surface area contributed by atoms with E-state index in [0.29, 0.717) is 90.0 Å². The molecule has 3 aliphatic rings. The largest absolute Gasteiger partial charge is 0.481 e. The lowest BCUT2D eigenvalue weighted by atomic mass is 9.82. The first kappa shape index (κ1) is 36.0. The van der Waals surface area contributed by atoms with Crippen molar-refractivity contribution in [2.45, 2.75) is 64.1 Å². The summed E-state index contributed by atoms with van der Waals surface area (Å²) >= 11 is 13.9. The number of aliphatic carboxylic acids is 1. The van der Waals surface area contributed by atoms with Crippen LogP contribution in [0.25, 0.3) is 22.5 Å². The predicted molar refractivity (Wildman–Crippen MR) is 197 cm³/mol. The van der Waals surface area contributed by atoms with E-state index in [-0.39, 0.29) is 34.7 Å². The van der Waals surface area contributed by atoms with Crippen LogP contribution in [0.3, 0.4) is 0 Å². The summed E-state index contributed by atoms with van der Waals surface area (Å²) in [5.41, 5.74) is 3.25. The number of pyridine rings is 3. The second-order valence-electron chi connectivity index (χ2n) is 14.1. The van der Waals surface area contributed by atoms with Crippen molar-refractivity contribution in [1.82, 2.24) is 30.9 Å². The van der Waals surface area contributed by atoms with Crippen molar-refractivity contribution in [2.24, 2.45) is 10.8 Å². The molecule has 2 aliphatic carbocycles. The number of carbonyl (C=O) groups is 2. The van der Waals surface area contributed by atoms with Gasteiger partial charge in [-0.05, 0) is 68.2 Å². The van der Waals surface area contributed by atoms with Crippen molar-refractivity contribution in [3.63, 3.8) is 0 Å². The first-order valence-corrected chi connectivity index (χ1v) is 18.2. The third-order valence-electron chi connectivity index (χ3n) is 10.8. The van der Waals surface area contributed by atoms with Gasteiger partial charge in [0.15, 0.2) is 11.6 Å². The van der Waals surface area contributed by atoms with Crippen molar-refractivity contribution in [3.05, 3.63) is 81.8 Å². The first-order chi connectivity index (χ1) is 25.1. The quantitative estimate of drug-likeness (QED) is 0.0922. The molecule has 5 N–H and O–H groups in total. The molecule has 11 nitrogen and oxygen atoms in total. The summed E-state index contributed by atoms with van der Waals surface area (Å²) in [6.45, 7) is 2.08. The molecular weight excluding hydrogens is 708 g/mol. The number of benzene rings is 1. The summed E-state index contributed by atoms with van der Waals surface area (Å²) in [6.07, 6.45) is 8.34. The normalized spacial score (nSPS) is 22.1. The summed E-state index contributed by atoms with van der Waals surface area (Å²) in [4.78, 5) is 36.9. The number of carboxylic acid groups (broad SMARTS) is 1. The number of aromatic nitrogens is 3. The highest BCUT2D eigenvalue weighted by Gasteiger charge is 2.57. The van der Waals surface area contributed by atoms with E-state index in [1.165, 1.54) is 0 Å². The van der Waals surface area contributed by atoms with Gasteiger partial charge in [0.2, 0.25) is 11.8 Å². The SMILES string of the molecule is COc1nc(-c2ccnc(-c3cccc(Nc4nccc(CNCC56CCC(C(=O)O)(CC5)C6)c4F)c3Cl)c2Cl)ccc1CNCC1CCC(=O)N1. The molecule has 3 fully saturated rings. The minimum absolute atomic E-state index is 0.0230. The summed E-state index contributed by atoms with van der Waals surface area (Å²) in [5, 5.41) is 23.1.